The lowest BCUT2D eigenvalue weighted by molar-refractivity contribution is 0.0216. The molecule has 1 aromatic rings. The first-order valence-corrected chi connectivity index (χ1v) is 6.55. The van der Waals surface area contributed by atoms with E-state index in [0.717, 1.165) is 19.4 Å². The molecule has 104 valence electrons. The predicted octanol–water partition coefficient (Wildman–Crippen LogP) is 2.12. The summed E-state index contributed by atoms with van der Waals surface area (Å²) in [5.41, 5.74) is 6.28. The third-order valence-corrected chi connectivity index (χ3v) is 3.42. The number of hydrogen-bond acceptors (Lipinski definition) is 3. The van der Waals surface area contributed by atoms with Crippen LogP contribution in [0.1, 0.15) is 24.8 Å². The maximum Gasteiger partial charge on any atom is 0.136 e. The van der Waals surface area contributed by atoms with E-state index in [1.807, 2.05) is 11.9 Å². The van der Waals surface area contributed by atoms with Crippen LogP contribution in [-0.4, -0.2) is 32.1 Å². The number of nitrogens with one attached hydrogen (secondary N) is 1. The van der Waals surface area contributed by atoms with Crippen molar-refractivity contribution in [1.82, 2.24) is 0 Å². The van der Waals surface area contributed by atoms with Crippen LogP contribution in [0.15, 0.2) is 18.2 Å². The highest BCUT2D eigenvalue weighted by molar-refractivity contribution is 6.00. The molecule has 1 saturated heterocycles. The van der Waals surface area contributed by atoms with Gasteiger partial charge in [0.15, 0.2) is 0 Å². The van der Waals surface area contributed by atoms with E-state index in [9.17, 15) is 4.39 Å². The molecule has 0 bridgehead atoms. The van der Waals surface area contributed by atoms with Gasteiger partial charge in [-0.3, -0.25) is 5.41 Å². The quantitative estimate of drug-likeness (QED) is 0.647. The summed E-state index contributed by atoms with van der Waals surface area (Å²) in [6, 6.07) is 4.74. The summed E-state index contributed by atoms with van der Waals surface area (Å²) in [6.45, 7) is 1.48. The minimum Gasteiger partial charge on any atom is -0.384 e. The molecule has 1 fully saturated rings. The van der Waals surface area contributed by atoms with Crippen LogP contribution >= 0.6 is 0 Å². The van der Waals surface area contributed by atoms with Gasteiger partial charge in [0.2, 0.25) is 0 Å². The third-order valence-electron chi connectivity index (χ3n) is 3.42. The van der Waals surface area contributed by atoms with Crippen LogP contribution in [0.5, 0.6) is 0 Å². The van der Waals surface area contributed by atoms with Crippen molar-refractivity contribution >= 4 is 11.5 Å². The lowest BCUT2D eigenvalue weighted by Crippen LogP contribution is -2.34. The first kappa shape index (κ1) is 13.8. The van der Waals surface area contributed by atoms with Crippen LogP contribution in [0.2, 0.25) is 0 Å². The second kappa shape index (κ2) is 6.02. The molecule has 1 aromatic carbocycles. The first-order chi connectivity index (χ1) is 9.09. The number of benzene rings is 1. The smallest absolute Gasteiger partial charge is 0.136 e. The standard InChI is InChI=1S/C14H20FN3O/c1-18(9-10-5-2-3-8-19-10)12-7-4-6-11(15)13(12)14(16)17/h4,6-7,10H,2-3,5,8-9H2,1H3,(H3,16,17). The molecular weight excluding hydrogens is 245 g/mol. The molecule has 0 aromatic heterocycles. The average molecular weight is 265 g/mol. The Labute approximate surface area is 112 Å². The zero-order chi connectivity index (χ0) is 13.8. The molecule has 3 N–H and O–H groups in total. The molecule has 0 radical (unpaired) electrons. The highest BCUT2D eigenvalue weighted by Gasteiger charge is 2.19. The molecule has 1 heterocycles. The van der Waals surface area contributed by atoms with Gasteiger partial charge >= 0.3 is 0 Å². The minimum atomic E-state index is -0.457. The first-order valence-electron chi connectivity index (χ1n) is 6.55. The number of likely N-dealkylation sites (N-methyl/N-ethyl adjacent to an activating group) is 1. The summed E-state index contributed by atoms with van der Waals surface area (Å²) in [5, 5.41) is 7.51. The van der Waals surface area contributed by atoms with Crippen molar-refractivity contribution in [3.63, 3.8) is 0 Å². The number of amidine groups is 1. The van der Waals surface area contributed by atoms with Crippen molar-refractivity contribution < 1.29 is 9.13 Å². The molecule has 19 heavy (non-hydrogen) atoms. The summed E-state index contributed by atoms with van der Waals surface area (Å²) < 4.78 is 19.4. The van der Waals surface area contributed by atoms with E-state index in [0.29, 0.717) is 12.2 Å². The Morgan fingerprint density at radius 2 is 2.32 bits per heavy atom. The van der Waals surface area contributed by atoms with E-state index in [1.54, 1.807) is 12.1 Å². The molecular formula is C14H20FN3O. The number of hydrogen-bond donors (Lipinski definition) is 2. The van der Waals surface area contributed by atoms with Gasteiger partial charge in [-0.15, -0.1) is 0 Å². The van der Waals surface area contributed by atoms with Gasteiger partial charge in [0, 0.05) is 20.2 Å². The summed E-state index contributed by atoms with van der Waals surface area (Å²) in [6.07, 6.45) is 3.47. The van der Waals surface area contributed by atoms with E-state index >= 15 is 0 Å². The van der Waals surface area contributed by atoms with Gasteiger partial charge in [0.05, 0.1) is 17.4 Å². The van der Waals surface area contributed by atoms with Gasteiger partial charge in [-0.2, -0.15) is 0 Å². The summed E-state index contributed by atoms with van der Waals surface area (Å²) >= 11 is 0. The fraction of sp³-hybridized carbons (Fsp3) is 0.500. The Bertz CT molecular complexity index is 458. The van der Waals surface area contributed by atoms with E-state index in [1.165, 1.54) is 12.5 Å². The normalized spacial score (nSPS) is 19.2. The molecule has 1 aliphatic rings. The monoisotopic (exact) mass is 265 g/mol. The Morgan fingerprint density at radius 1 is 1.53 bits per heavy atom. The molecule has 0 spiro atoms. The predicted molar refractivity (Wildman–Crippen MR) is 74.3 cm³/mol. The third kappa shape index (κ3) is 3.23. The van der Waals surface area contributed by atoms with Crippen molar-refractivity contribution in [3.8, 4) is 0 Å². The van der Waals surface area contributed by atoms with Crippen LogP contribution in [0.4, 0.5) is 10.1 Å². The van der Waals surface area contributed by atoms with Crippen molar-refractivity contribution in [1.29, 1.82) is 5.41 Å². The zero-order valence-corrected chi connectivity index (χ0v) is 11.2. The van der Waals surface area contributed by atoms with E-state index < -0.39 is 5.82 Å². The lowest BCUT2D eigenvalue weighted by Gasteiger charge is -2.29. The minimum absolute atomic E-state index is 0.167. The number of rotatable bonds is 4. The number of nitrogens with zero attached hydrogens (tertiary/aromatic N) is 1. The van der Waals surface area contributed by atoms with Gasteiger partial charge < -0.3 is 15.4 Å². The van der Waals surface area contributed by atoms with Gasteiger partial charge in [-0.1, -0.05) is 6.07 Å². The van der Waals surface area contributed by atoms with Crippen molar-refractivity contribution in [2.24, 2.45) is 5.73 Å². The van der Waals surface area contributed by atoms with Crippen LogP contribution < -0.4 is 10.6 Å². The zero-order valence-electron chi connectivity index (χ0n) is 11.2. The summed E-state index contributed by atoms with van der Waals surface area (Å²) in [7, 11) is 1.87. The van der Waals surface area contributed by atoms with Crippen LogP contribution in [0, 0.1) is 11.2 Å². The maximum absolute atomic E-state index is 13.8. The molecule has 1 aliphatic heterocycles. The maximum atomic E-state index is 13.8. The average Bonchev–Trinajstić information content (AvgIpc) is 2.39. The van der Waals surface area contributed by atoms with Gasteiger partial charge in [0.1, 0.15) is 11.7 Å². The van der Waals surface area contributed by atoms with Crippen molar-refractivity contribution in [2.75, 3.05) is 25.1 Å². The Morgan fingerprint density at radius 3 is 2.95 bits per heavy atom. The number of anilines is 1. The summed E-state index contributed by atoms with van der Waals surface area (Å²) in [4.78, 5) is 1.91. The molecule has 0 amide bonds. The van der Waals surface area contributed by atoms with Crippen molar-refractivity contribution in [2.45, 2.75) is 25.4 Å². The molecule has 4 nitrogen and oxygen atoms in total. The Balaban J connectivity index is 2.16. The number of nitrogens with two attached hydrogens (primary N) is 1. The SMILES string of the molecule is CN(CC1CCCCO1)c1cccc(F)c1C(=N)N. The highest BCUT2D eigenvalue weighted by Crippen LogP contribution is 2.23. The highest BCUT2D eigenvalue weighted by atomic mass is 19.1. The second-order valence-corrected chi connectivity index (χ2v) is 4.92. The van der Waals surface area contributed by atoms with Crippen LogP contribution in [-0.2, 0) is 4.74 Å². The van der Waals surface area contributed by atoms with E-state index in [4.69, 9.17) is 15.9 Å². The number of ether oxygens (including phenoxy) is 1. The molecule has 2 rings (SSSR count). The van der Waals surface area contributed by atoms with Crippen molar-refractivity contribution in [3.05, 3.63) is 29.6 Å². The second-order valence-electron chi connectivity index (χ2n) is 4.92. The molecule has 0 aliphatic carbocycles. The van der Waals surface area contributed by atoms with E-state index in [-0.39, 0.29) is 17.5 Å². The number of nitrogen functional groups attached to an aromatic ring is 1. The van der Waals surface area contributed by atoms with Gasteiger partial charge in [0.25, 0.3) is 0 Å². The fourth-order valence-corrected chi connectivity index (χ4v) is 2.45. The Kier molecular flexibility index (Phi) is 4.37. The van der Waals surface area contributed by atoms with Gasteiger partial charge in [-0.05, 0) is 31.4 Å². The molecule has 0 saturated carbocycles. The fourth-order valence-electron chi connectivity index (χ4n) is 2.45. The Hall–Kier alpha value is -1.62. The number of halogens is 1. The topological polar surface area (TPSA) is 62.3 Å². The largest absolute Gasteiger partial charge is 0.384 e. The molecule has 5 heteroatoms. The van der Waals surface area contributed by atoms with Gasteiger partial charge in [-0.25, -0.2) is 4.39 Å². The molecule has 1 atom stereocenters. The summed E-state index contributed by atoms with van der Waals surface area (Å²) in [5.74, 6) is -0.703. The lowest BCUT2D eigenvalue weighted by atomic mass is 10.1. The van der Waals surface area contributed by atoms with Crippen LogP contribution in [0.25, 0.3) is 0 Å². The molecule has 1 unspecified atom stereocenters. The van der Waals surface area contributed by atoms with Crippen LogP contribution in [0.3, 0.4) is 0 Å². The van der Waals surface area contributed by atoms with E-state index in [2.05, 4.69) is 0 Å².